The second-order valence-corrected chi connectivity index (χ2v) is 18.4. The first-order chi connectivity index (χ1) is 31.9. The third kappa shape index (κ3) is 11.6. The summed E-state index contributed by atoms with van der Waals surface area (Å²) in [6, 6.07) is 17.1. The van der Waals surface area contributed by atoms with E-state index in [0.717, 1.165) is 22.6 Å². The summed E-state index contributed by atoms with van der Waals surface area (Å²) < 4.78 is 53.2. The van der Waals surface area contributed by atoms with Crippen LogP contribution < -0.4 is 15.4 Å². The largest absolute Gasteiger partial charge is 0.457 e. The minimum absolute atomic E-state index is 0.0858. The Bertz CT molecular complexity index is 2610. The Balaban J connectivity index is 1.24. The highest BCUT2D eigenvalue weighted by Crippen LogP contribution is 2.34. The molecule has 2 saturated heterocycles. The summed E-state index contributed by atoms with van der Waals surface area (Å²) in [6.07, 6.45) is 1.50. The molecule has 0 aliphatic carbocycles. The molecule has 7 rings (SSSR count). The van der Waals surface area contributed by atoms with Gasteiger partial charge >= 0.3 is 0 Å². The Labute approximate surface area is 396 Å². The van der Waals surface area contributed by atoms with Crippen LogP contribution in [0.2, 0.25) is 10.0 Å². The lowest BCUT2D eigenvalue weighted by Gasteiger charge is -2.45. The average Bonchev–Trinajstić information content (AvgIpc) is 3.64. The van der Waals surface area contributed by atoms with E-state index in [1.165, 1.54) is 16.7 Å². The van der Waals surface area contributed by atoms with E-state index in [1.807, 2.05) is 42.7 Å². The predicted molar refractivity (Wildman–Crippen MR) is 247 cm³/mol. The zero-order valence-electron chi connectivity index (χ0n) is 37.5. The van der Waals surface area contributed by atoms with E-state index in [0.29, 0.717) is 52.9 Å². The number of imidazole rings is 1. The van der Waals surface area contributed by atoms with Crippen molar-refractivity contribution in [2.24, 2.45) is 13.0 Å². The number of ether oxygens (including phenoxy) is 1. The standard InChI is InChI=1S/C49H52Cl2F3N7O6/c1-29-46(64)56-41(27-62)47(65)57-49(23-30-6-11-34(50)12-7-30)16-5-17-60(28-49)48(66)33(18-38-39(53)21-36(52)22-40(38)54)19-45(63)61(29)25-32-8-13-35(51)20-43(32)67-37-14-9-31(10-15-37)42-24-55-44(59(42)4)26-58(2)3/h6-15,20-22,24,29,33,41,62H,5,16-19,23,25-28H2,1-4H3,(H,56,64)(H,57,65)/t29-,33+,41-,49+/m0/s1. The predicted octanol–water partition coefficient (Wildman–Crippen LogP) is 6.84. The molecule has 3 heterocycles. The molecule has 4 aromatic carbocycles. The number of hydrogen-bond acceptors (Lipinski definition) is 8. The molecule has 2 bridgehead atoms. The van der Waals surface area contributed by atoms with E-state index in [-0.39, 0.29) is 31.8 Å². The maximum absolute atomic E-state index is 15.4. The number of halogens is 5. The summed E-state index contributed by atoms with van der Waals surface area (Å²) >= 11 is 12.6. The van der Waals surface area contributed by atoms with Crippen LogP contribution in [0.5, 0.6) is 11.5 Å². The minimum Gasteiger partial charge on any atom is -0.457 e. The van der Waals surface area contributed by atoms with E-state index in [9.17, 15) is 28.7 Å². The number of rotatable bonds is 12. The molecule has 354 valence electrons. The summed E-state index contributed by atoms with van der Waals surface area (Å²) in [5, 5.41) is 16.9. The van der Waals surface area contributed by atoms with Crippen molar-refractivity contribution in [1.82, 2.24) is 34.9 Å². The molecule has 0 radical (unpaired) electrons. The first kappa shape index (κ1) is 49.0. The molecular weight excluding hydrogens is 910 g/mol. The smallest absolute Gasteiger partial charge is 0.245 e. The van der Waals surface area contributed by atoms with Gasteiger partial charge in [-0.25, -0.2) is 18.2 Å². The number of benzene rings is 4. The Morgan fingerprint density at radius 3 is 2.28 bits per heavy atom. The monoisotopic (exact) mass is 961 g/mol. The van der Waals surface area contributed by atoms with E-state index >= 15 is 8.78 Å². The van der Waals surface area contributed by atoms with Crippen molar-refractivity contribution in [3.8, 4) is 22.8 Å². The summed E-state index contributed by atoms with van der Waals surface area (Å²) in [5.41, 5.74) is 1.19. The van der Waals surface area contributed by atoms with Crippen LogP contribution >= 0.6 is 23.2 Å². The Hall–Kier alpha value is -5.94. The molecule has 18 heteroatoms. The lowest BCUT2D eigenvalue weighted by Crippen LogP contribution is -2.65. The number of aromatic nitrogens is 2. The molecule has 4 atom stereocenters. The van der Waals surface area contributed by atoms with Gasteiger partial charge in [0.05, 0.1) is 43.0 Å². The second-order valence-electron chi connectivity index (χ2n) is 17.6. The fourth-order valence-corrected chi connectivity index (χ4v) is 9.06. The molecule has 13 nitrogen and oxygen atoms in total. The topological polar surface area (TPSA) is 149 Å². The second kappa shape index (κ2) is 20.9. The third-order valence-electron chi connectivity index (χ3n) is 12.3. The van der Waals surface area contributed by atoms with Crippen molar-refractivity contribution in [3.63, 3.8) is 0 Å². The fourth-order valence-electron chi connectivity index (χ4n) is 8.77. The quantitative estimate of drug-likeness (QED) is 0.123. The van der Waals surface area contributed by atoms with E-state index < -0.39 is 89.6 Å². The van der Waals surface area contributed by atoms with Crippen LogP contribution in [0.1, 0.15) is 48.7 Å². The normalized spacial score (nSPS) is 20.7. The van der Waals surface area contributed by atoms with Crippen molar-refractivity contribution in [1.29, 1.82) is 0 Å². The highest BCUT2D eigenvalue weighted by atomic mass is 35.5. The number of carbonyl (C=O) groups is 4. The van der Waals surface area contributed by atoms with Gasteiger partial charge < -0.3 is 39.7 Å². The van der Waals surface area contributed by atoms with E-state index in [1.54, 1.807) is 60.8 Å². The number of nitrogens with one attached hydrogen (secondary N) is 2. The molecule has 2 aliphatic heterocycles. The molecule has 2 aliphatic rings. The van der Waals surface area contributed by atoms with Crippen LogP contribution in [0.3, 0.4) is 0 Å². The number of aliphatic hydroxyl groups excluding tert-OH is 1. The third-order valence-corrected chi connectivity index (χ3v) is 12.8. The fraction of sp³-hybridized carbons (Fsp3) is 0.367. The van der Waals surface area contributed by atoms with Gasteiger partial charge in [-0.15, -0.1) is 0 Å². The van der Waals surface area contributed by atoms with Gasteiger partial charge in [0.25, 0.3) is 0 Å². The number of amides is 4. The zero-order chi connectivity index (χ0) is 48.2. The van der Waals surface area contributed by atoms with E-state index in [4.69, 9.17) is 27.9 Å². The van der Waals surface area contributed by atoms with Crippen LogP contribution in [0.15, 0.2) is 85.1 Å². The first-order valence-electron chi connectivity index (χ1n) is 21.8. The van der Waals surface area contributed by atoms with Gasteiger partial charge in [0, 0.05) is 65.4 Å². The van der Waals surface area contributed by atoms with Crippen LogP contribution in [0, 0.1) is 23.4 Å². The summed E-state index contributed by atoms with van der Waals surface area (Å²) in [4.78, 5) is 67.2. The van der Waals surface area contributed by atoms with Crippen molar-refractivity contribution < 1.29 is 42.2 Å². The van der Waals surface area contributed by atoms with Gasteiger partial charge in [-0.2, -0.15) is 0 Å². The lowest BCUT2D eigenvalue weighted by molar-refractivity contribution is -0.147. The number of nitrogens with zero attached hydrogens (tertiary/aromatic N) is 5. The van der Waals surface area contributed by atoms with Gasteiger partial charge in [-0.1, -0.05) is 41.4 Å². The molecule has 3 N–H and O–H groups in total. The molecule has 0 unspecified atom stereocenters. The highest BCUT2D eigenvalue weighted by Gasteiger charge is 2.43. The van der Waals surface area contributed by atoms with Gasteiger partial charge in [-0.3, -0.25) is 19.2 Å². The number of piperidine rings is 1. The van der Waals surface area contributed by atoms with Gasteiger partial charge in [0.1, 0.15) is 46.9 Å². The first-order valence-corrected chi connectivity index (χ1v) is 22.6. The number of aliphatic hydroxyl groups is 1. The van der Waals surface area contributed by atoms with Crippen LogP contribution in [-0.2, 0) is 52.2 Å². The van der Waals surface area contributed by atoms with Gasteiger partial charge in [-0.05, 0) is 101 Å². The van der Waals surface area contributed by atoms with Crippen molar-refractivity contribution >= 4 is 46.8 Å². The molecular formula is C49H52Cl2F3N7O6. The lowest BCUT2D eigenvalue weighted by atomic mass is 9.81. The van der Waals surface area contributed by atoms with Crippen molar-refractivity contribution in [2.75, 3.05) is 33.8 Å². The van der Waals surface area contributed by atoms with Crippen LogP contribution in [0.4, 0.5) is 13.2 Å². The van der Waals surface area contributed by atoms with E-state index in [2.05, 4.69) is 15.6 Å². The summed E-state index contributed by atoms with van der Waals surface area (Å²) in [7, 11) is 5.86. The molecule has 4 amide bonds. The SMILES string of the molecule is C[C@H]1C(=O)N[C@@H](CO)C(=O)N[C@@]2(Cc3ccc(Cl)cc3)CCCN(C2)C(=O)[C@H](Cc2c(F)cc(F)cc2F)CC(=O)N1Cc1ccc(Cl)cc1Oc1ccc(-c2cnc(CN(C)C)n2C)cc1. The van der Waals surface area contributed by atoms with Crippen molar-refractivity contribution in [2.45, 2.75) is 69.7 Å². The molecule has 0 saturated carbocycles. The molecule has 0 spiro atoms. The van der Waals surface area contributed by atoms with Crippen LogP contribution in [0.25, 0.3) is 11.3 Å². The maximum atomic E-state index is 15.4. The minimum atomic E-state index is -1.46. The van der Waals surface area contributed by atoms with Gasteiger partial charge in [0.15, 0.2) is 0 Å². The number of fused-ring (bicyclic) bond motifs is 2. The molecule has 2 fully saturated rings. The summed E-state index contributed by atoms with van der Waals surface area (Å²) in [5.74, 6) is -6.44. The zero-order valence-corrected chi connectivity index (χ0v) is 39.0. The number of hydrogen-bond donors (Lipinski definition) is 3. The highest BCUT2D eigenvalue weighted by molar-refractivity contribution is 6.31. The number of carbonyl (C=O) groups excluding carboxylic acids is 4. The van der Waals surface area contributed by atoms with Gasteiger partial charge in [0.2, 0.25) is 23.6 Å². The molecule has 67 heavy (non-hydrogen) atoms. The molecule has 5 aromatic rings. The Kier molecular flexibility index (Phi) is 15.3. The maximum Gasteiger partial charge on any atom is 0.245 e. The average molecular weight is 963 g/mol. The van der Waals surface area contributed by atoms with Crippen molar-refractivity contribution in [3.05, 3.63) is 135 Å². The van der Waals surface area contributed by atoms with Crippen LogP contribution in [-0.4, -0.2) is 104 Å². The summed E-state index contributed by atoms with van der Waals surface area (Å²) in [6.45, 7) is 1.07. The Morgan fingerprint density at radius 1 is 0.925 bits per heavy atom. The molecule has 1 aromatic heterocycles. The Morgan fingerprint density at radius 2 is 1.61 bits per heavy atom.